The highest BCUT2D eigenvalue weighted by atomic mass is 35.5. The molecule has 3 rings (SSSR count). The lowest BCUT2D eigenvalue weighted by atomic mass is 9.94. The summed E-state index contributed by atoms with van der Waals surface area (Å²) in [6.07, 6.45) is 0.648. The number of aromatic nitrogens is 1. The minimum absolute atomic E-state index is 0.0223. The molecule has 1 aliphatic heterocycles. The molecular weight excluding hydrogens is 396 g/mol. The molecule has 1 saturated heterocycles. The van der Waals surface area contributed by atoms with Gasteiger partial charge in [-0.25, -0.2) is 13.8 Å². The molecule has 148 valence electrons. The van der Waals surface area contributed by atoms with Crippen LogP contribution in [0.2, 0.25) is 10.2 Å². The number of hydrogen-bond acceptors (Lipinski definition) is 4. The minimum atomic E-state index is -0.772. The van der Waals surface area contributed by atoms with E-state index in [9.17, 15) is 9.18 Å². The Labute approximate surface area is 167 Å². The molecule has 2 atom stereocenters. The summed E-state index contributed by atoms with van der Waals surface area (Å²) in [5, 5.41) is 0.131. The van der Waals surface area contributed by atoms with Crippen LogP contribution in [0, 0.1) is 11.7 Å². The van der Waals surface area contributed by atoms with E-state index < -0.39 is 17.0 Å². The van der Waals surface area contributed by atoms with E-state index in [0.29, 0.717) is 13.2 Å². The van der Waals surface area contributed by atoms with Crippen LogP contribution in [0.4, 0.5) is 4.39 Å². The monoisotopic (exact) mass is 417 g/mol. The number of hydrogen-bond donors (Lipinski definition) is 0. The van der Waals surface area contributed by atoms with E-state index in [0.717, 1.165) is 17.1 Å². The van der Waals surface area contributed by atoms with Gasteiger partial charge in [-0.2, -0.15) is 0 Å². The van der Waals surface area contributed by atoms with Gasteiger partial charge in [0, 0.05) is 18.1 Å². The topological polar surface area (TPSA) is 53.6 Å². The van der Waals surface area contributed by atoms with Crippen molar-refractivity contribution in [2.24, 2.45) is 5.92 Å². The highest BCUT2D eigenvalue weighted by molar-refractivity contribution is 6.32. The molecule has 2 heterocycles. The quantitative estimate of drug-likeness (QED) is 0.706. The fraction of sp³-hybridized carbons (Fsp3) is 0.526. The highest BCUT2D eigenvalue weighted by Gasteiger charge is 2.29. The molecular formula is C19H22Cl2FNO4. The van der Waals surface area contributed by atoms with Crippen molar-refractivity contribution in [1.82, 2.24) is 4.57 Å². The van der Waals surface area contributed by atoms with E-state index in [1.165, 1.54) is 6.07 Å². The summed E-state index contributed by atoms with van der Waals surface area (Å²) in [7, 11) is 0. The Balaban J connectivity index is 2.05. The number of nitrogens with zero attached hydrogens (tertiary/aromatic N) is 1. The van der Waals surface area contributed by atoms with Crippen molar-refractivity contribution in [2.45, 2.75) is 45.6 Å². The summed E-state index contributed by atoms with van der Waals surface area (Å²) in [5.74, 6) is -0.676. The van der Waals surface area contributed by atoms with Crippen molar-refractivity contribution in [3.05, 3.63) is 44.4 Å². The average molecular weight is 418 g/mol. The van der Waals surface area contributed by atoms with Gasteiger partial charge in [0.1, 0.15) is 17.7 Å². The Hall–Kier alpha value is -1.50. The van der Waals surface area contributed by atoms with Crippen molar-refractivity contribution in [2.75, 3.05) is 13.2 Å². The normalized spacial score (nSPS) is 20.7. The minimum Gasteiger partial charge on any atom is -0.486 e. The first-order valence-electron chi connectivity index (χ1n) is 8.75. The van der Waals surface area contributed by atoms with E-state index in [1.54, 1.807) is 0 Å². The van der Waals surface area contributed by atoms with Crippen LogP contribution >= 0.6 is 23.2 Å². The number of benzene rings is 1. The van der Waals surface area contributed by atoms with Crippen LogP contribution < -0.4 is 10.5 Å². The summed E-state index contributed by atoms with van der Waals surface area (Å²) in [5.41, 5.74) is -0.591. The Morgan fingerprint density at radius 2 is 2.00 bits per heavy atom. The van der Waals surface area contributed by atoms with E-state index in [-0.39, 0.29) is 39.4 Å². The molecule has 0 amide bonds. The Morgan fingerprint density at radius 1 is 1.30 bits per heavy atom. The maximum Gasteiger partial charge on any atom is 0.425 e. The molecule has 0 aliphatic carbocycles. The molecule has 1 fully saturated rings. The smallest absolute Gasteiger partial charge is 0.425 e. The molecule has 0 saturated carbocycles. The second-order valence-electron chi connectivity index (χ2n) is 7.80. The van der Waals surface area contributed by atoms with Crippen LogP contribution in [-0.2, 0) is 10.2 Å². The Morgan fingerprint density at radius 3 is 2.59 bits per heavy atom. The van der Waals surface area contributed by atoms with Crippen LogP contribution in [0.25, 0.3) is 5.69 Å². The lowest BCUT2D eigenvalue weighted by molar-refractivity contribution is -0.0248. The average Bonchev–Trinajstić information content (AvgIpc) is 2.87. The summed E-state index contributed by atoms with van der Waals surface area (Å²) in [6.45, 7) is 8.69. The number of rotatable bonds is 3. The van der Waals surface area contributed by atoms with Gasteiger partial charge in [-0.15, -0.1) is 0 Å². The Bertz CT molecular complexity index is 900. The predicted octanol–water partition coefficient (Wildman–Crippen LogP) is 4.98. The molecule has 1 aromatic carbocycles. The van der Waals surface area contributed by atoms with Crippen LogP contribution in [-0.4, -0.2) is 23.9 Å². The van der Waals surface area contributed by atoms with Gasteiger partial charge in [0.2, 0.25) is 0 Å². The Kier molecular flexibility index (Phi) is 5.62. The van der Waals surface area contributed by atoms with Crippen molar-refractivity contribution in [3.63, 3.8) is 0 Å². The number of oxazole rings is 1. The van der Waals surface area contributed by atoms with E-state index in [4.69, 9.17) is 37.1 Å². The molecule has 1 aromatic heterocycles. The van der Waals surface area contributed by atoms with Crippen LogP contribution in [0.3, 0.4) is 0 Å². The summed E-state index contributed by atoms with van der Waals surface area (Å²) >= 11 is 12.5. The lowest BCUT2D eigenvalue weighted by Gasteiger charge is -2.29. The van der Waals surface area contributed by atoms with Gasteiger partial charge in [0.05, 0.1) is 17.3 Å². The van der Waals surface area contributed by atoms with Crippen LogP contribution in [0.5, 0.6) is 5.75 Å². The summed E-state index contributed by atoms with van der Waals surface area (Å²) in [4.78, 5) is 12.3. The highest BCUT2D eigenvalue weighted by Crippen LogP contribution is 2.35. The molecule has 0 radical (unpaired) electrons. The van der Waals surface area contributed by atoms with Crippen molar-refractivity contribution >= 4 is 23.2 Å². The van der Waals surface area contributed by atoms with E-state index >= 15 is 0 Å². The number of ether oxygens (including phenoxy) is 2. The van der Waals surface area contributed by atoms with E-state index in [2.05, 4.69) is 6.92 Å². The summed E-state index contributed by atoms with van der Waals surface area (Å²) < 4.78 is 32.3. The second-order valence-corrected chi connectivity index (χ2v) is 8.57. The third-order valence-corrected chi connectivity index (χ3v) is 5.23. The van der Waals surface area contributed by atoms with Crippen molar-refractivity contribution < 1.29 is 18.3 Å². The van der Waals surface area contributed by atoms with Crippen LogP contribution in [0.15, 0.2) is 21.3 Å². The lowest BCUT2D eigenvalue weighted by Crippen LogP contribution is -2.35. The fourth-order valence-electron chi connectivity index (χ4n) is 2.94. The van der Waals surface area contributed by atoms with Gasteiger partial charge in [0.15, 0.2) is 10.9 Å². The largest absolute Gasteiger partial charge is 0.486 e. The van der Waals surface area contributed by atoms with Crippen molar-refractivity contribution in [1.29, 1.82) is 0 Å². The molecule has 0 N–H and O–H groups in total. The zero-order valence-electron chi connectivity index (χ0n) is 15.6. The van der Waals surface area contributed by atoms with Gasteiger partial charge in [-0.1, -0.05) is 50.9 Å². The molecule has 2 aromatic rings. The molecule has 0 bridgehead atoms. The molecule has 5 nitrogen and oxygen atoms in total. The summed E-state index contributed by atoms with van der Waals surface area (Å²) in [6, 6.07) is 2.47. The standard InChI is InChI=1S/C19H22Cl2FNO4/c1-10-5-6-25-9-15(10)26-14-8-13(12(22)7-11(14)20)23-17(21)16(19(2,3)4)27-18(23)24/h7-8,10,15H,5-6,9H2,1-4H3. The van der Waals surface area contributed by atoms with Gasteiger partial charge >= 0.3 is 5.76 Å². The first-order chi connectivity index (χ1) is 12.6. The van der Waals surface area contributed by atoms with Gasteiger partial charge in [-0.3, -0.25) is 0 Å². The van der Waals surface area contributed by atoms with Crippen molar-refractivity contribution in [3.8, 4) is 11.4 Å². The second kappa shape index (κ2) is 7.49. The molecule has 2 unspecified atom stereocenters. The van der Waals surface area contributed by atoms with Crippen LogP contribution in [0.1, 0.15) is 39.9 Å². The molecule has 27 heavy (non-hydrogen) atoms. The SMILES string of the molecule is CC1CCOCC1Oc1cc(-n2c(Cl)c(C(C)(C)C)oc2=O)c(F)cc1Cl. The van der Waals surface area contributed by atoms with Gasteiger partial charge in [-0.05, 0) is 18.4 Å². The predicted molar refractivity (Wildman–Crippen MR) is 102 cm³/mol. The third kappa shape index (κ3) is 4.03. The maximum atomic E-state index is 14.6. The zero-order valence-corrected chi connectivity index (χ0v) is 17.2. The van der Waals surface area contributed by atoms with Gasteiger partial charge in [0.25, 0.3) is 0 Å². The van der Waals surface area contributed by atoms with Gasteiger partial charge < -0.3 is 13.9 Å². The molecule has 8 heteroatoms. The molecule has 1 aliphatic rings. The van der Waals surface area contributed by atoms with E-state index in [1.807, 2.05) is 20.8 Å². The number of halogens is 3. The molecule has 0 spiro atoms. The fourth-order valence-corrected chi connectivity index (χ4v) is 3.61. The zero-order chi connectivity index (χ0) is 19.9. The maximum absolute atomic E-state index is 14.6. The third-order valence-electron chi connectivity index (χ3n) is 4.59. The first-order valence-corrected chi connectivity index (χ1v) is 9.51. The first kappa shape index (κ1) is 20.2.